The van der Waals surface area contributed by atoms with E-state index in [1.807, 2.05) is 36.4 Å². The molecule has 1 unspecified atom stereocenters. The Hall–Kier alpha value is -1.69. The quantitative estimate of drug-likeness (QED) is 0.809. The molecule has 0 saturated carbocycles. The SMILES string of the molecule is O=S(=O)(CCCN1CCC(C(O)c2ccccc2)CC1)c1ccccc1. The number of rotatable bonds is 7. The van der Waals surface area contributed by atoms with Gasteiger partial charge in [-0.3, -0.25) is 0 Å². The molecule has 0 amide bonds. The summed E-state index contributed by atoms with van der Waals surface area (Å²) >= 11 is 0. The molecule has 1 heterocycles. The molecule has 0 spiro atoms. The maximum atomic E-state index is 12.3. The van der Waals surface area contributed by atoms with Crippen molar-refractivity contribution in [1.29, 1.82) is 0 Å². The first-order valence-electron chi connectivity index (χ1n) is 9.29. The number of benzene rings is 2. The first kappa shape index (κ1) is 19.1. The fraction of sp³-hybridized carbons (Fsp3) is 0.429. The third-order valence-electron chi connectivity index (χ3n) is 5.21. The van der Waals surface area contributed by atoms with E-state index >= 15 is 0 Å². The Morgan fingerprint density at radius 1 is 0.962 bits per heavy atom. The van der Waals surface area contributed by atoms with Crippen LogP contribution < -0.4 is 0 Å². The number of hydrogen-bond donors (Lipinski definition) is 1. The van der Waals surface area contributed by atoms with E-state index in [-0.39, 0.29) is 11.7 Å². The molecule has 1 atom stereocenters. The maximum absolute atomic E-state index is 12.3. The molecule has 1 aliphatic heterocycles. The van der Waals surface area contributed by atoms with Gasteiger partial charge in [0.2, 0.25) is 0 Å². The summed E-state index contributed by atoms with van der Waals surface area (Å²) in [5.74, 6) is 0.463. The van der Waals surface area contributed by atoms with Gasteiger partial charge in [-0.2, -0.15) is 0 Å². The number of hydrogen-bond acceptors (Lipinski definition) is 4. The molecular formula is C21H27NO3S. The Morgan fingerprint density at radius 2 is 1.54 bits per heavy atom. The smallest absolute Gasteiger partial charge is 0.178 e. The van der Waals surface area contributed by atoms with Crippen LogP contribution in [0.1, 0.15) is 30.9 Å². The average Bonchev–Trinajstić information content (AvgIpc) is 2.69. The van der Waals surface area contributed by atoms with Gasteiger partial charge in [0.05, 0.1) is 16.8 Å². The van der Waals surface area contributed by atoms with Gasteiger partial charge in [-0.15, -0.1) is 0 Å². The molecule has 1 aliphatic rings. The standard InChI is InChI=1S/C21H27NO3S/c23-21(18-8-3-1-4-9-18)19-12-15-22(16-13-19)14-7-17-26(24,25)20-10-5-2-6-11-20/h1-6,8-11,19,21,23H,7,12-17H2. The van der Waals surface area contributed by atoms with Crippen LogP contribution in [-0.2, 0) is 9.84 Å². The highest BCUT2D eigenvalue weighted by Gasteiger charge is 2.26. The monoisotopic (exact) mass is 373 g/mol. The second-order valence-corrected chi connectivity index (χ2v) is 9.13. The molecule has 2 aromatic carbocycles. The summed E-state index contributed by atoms with van der Waals surface area (Å²) in [7, 11) is -3.19. The molecule has 140 valence electrons. The summed E-state index contributed by atoms with van der Waals surface area (Å²) in [6.07, 6.45) is 2.13. The summed E-state index contributed by atoms with van der Waals surface area (Å²) in [6.45, 7) is 2.63. The van der Waals surface area contributed by atoms with Crippen LogP contribution in [0.3, 0.4) is 0 Å². The van der Waals surface area contributed by atoms with Crippen LogP contribution in [0.4, 0.5) is 0 Å². The summed E-state index contributed by atoms with van der Waals surface area (Å²) in [6, 6.07) is 18.5. The second kappa shape index (κ2) is 8.80. The molecule has 0 aliphatic carbocycles. The van der Waals surface area contributed by atoms with Gasteiger partial charge in [0.1, 0.15) is 0 Å². The Balaban J connectivity index is 1.43. The van der Waals surface area contributed by atoms with E-state index in [0.29, 0.717) is 11.3 Å². The highest BCUT2D eigenvalue weighted by molar-refractivity contribution is 7.91. The average molecular weight is 374 g/mol. The van der Waals surface area contributed by atoms with Crippen molar-refractivity contribution in [1.82, 2.24) is 4.90 Å². The van der Waals surface area contributed by atoms with Gasteiger partial charge in [-0.05, 0) is 62.5 Å². The zero-order valence-electron chi connectivity index (χ0n) is 15.0. The number of aliphatic hydroxyl groups is 1. The lowest BCUT2D eigenvalue weighted by atomic mass is 9.87. The normalized spacial score (nSPS) is 17.9. The van der Waals surface area contributed by atoms with Gasteiger partial charge in [0.25, 0.3) is 0 Å². The summed E-state index contributed by atoms with van der Waals surface area (Å²) in [5.41, 5.74) is 0.986. The predicted octanol–water partition coefficient (Wildman–Crippen LogP) is 3.30. The first-order chi connectivity index (χ1) is 12.6. The lowest BCUT2D eigenvalue weighted by Crippen LogP contribution is -2.36. The second-order valence-electron chi connectivity index (χ2n) is 7.02. The number of aliphatic hydroxyl groups excluding tert-OH is 1. The van der Waals surface area contributed by atoms with Gasteiger partial charge in [0.15, 0.2) is 9.84 Å². The minimum Gasteiger partial charge on any atom is -0.388 e. The van der Waals surface area contributed by atoms with Crippen molar-refractivity contribution in [2.45, 2.75) is 30.3 Å². The van der Waals surface area contributed by atoms with Crippen molar-refractivity contribution in [3.05, 3.63) is 66.2 Å². The van der Waals surface area contributed by atoms with Crippen molar-refractivity contribution >= 4 is 9.84 Å². The molecule has 1 N–H and O–H groups in total. The zero-order chi connectivity index (χ0) is 18.4. The summed E-state index contributed by atoms with van der Waals surface area (Å²) in [4.78, 5) is 2.72. The van der Waals surface area contributed by atoms with E-state index in [1.54, 1.807) is 24.3 Å². The van der Waals surface area contributed by atoms with Crippen LogP contribution in [0, 0.1) is 5.92 Å². The van der Waals surface area contributed by atoms with Gasteiger partial charge in [0, 0.05) is 0 Å². The molecule has 26 heavy (non-hydrogen) atoms. The van der Waals surface area contributed by atoms with E-state index in [2.05, 4.69) is 4.90 Å². The Kier molecular flexibility index (Phi) is 6.46. The molecule has 0 radical (unpaired) electrons. The molecule has 1 fully saturated rings. The van der Waals surface area contributed by atoms with E-state index in [1.165, 1.54) is 0 Å². The van der Waals surface area contributed by atoms with Crippen molar-refractivity contribution in [3.8, 4) is 0 Å². The fourth-order valence-corrected chi connectivity index (χ4v) is 4.96. The van der Waals surface area contributed by atoms with Crippen LogP contribution in [0.15, 0.2) is 65.6 Å². The maximum Gasteiger partial charge on any atom is 0.178 e. The van der Waals surface area contributed by atoms with E-state index < -0.39 is 15.9 Å². The van der Waals surface area contributed by atoms with Gasteiger partial charge in [-0.25, -0.2) is 8.42 Å². The van der Waals surface area contributed by atoms with Gasteiger partial charge in [-0.1, -0.05) is 48.5 Å². The van der Waals surface area contributed by atoms with E-state index in [9.17, 15) is 13.5 Å². The first-order valence-corrected chi connectivity index (χ1v) is 10.9. The topological polar surface area (TPSA) is 57.6 Å². The molecule has 4 nitrogen and oxygen atoms in total. The van der Waals surface area contributed by atoms with Crippen LogP contribution in [-0.4, -0.2) is 43.8 Å². The lowest BCUT2D eigenvalue weighted by molar-refractivity contribution is 0.0590. The Bertz CT molecular complexity index is 769. The largest absolute Gasteiger partial charge is 0.388 e. The van der Waals surface area contributed by atoms with E-state index in [4.69, 9.17) is 0 Å². The summed E-state index contributed by atoms with van der Waals surface area (Å²) < 4.78 is 24.6. The highest BCUT2D eigenvalue weighted by Crippen LogP contribution is 2.30. The number of sulfone groups is 1. The Labute approximate surface area is 156 Å². The van der Waals surface area contributed by atoms with Crippen LogP contribution >= 0.6 is 0 Å². The minimum absolute atomic E-state index is 0.184. The Morgan fingerprint density at radius 3 is 2.15 bits per heavy atom. The molecule has 2 aromatic rings. The molecule has 1 saturated heterocycles. The molecule has 0 bridgehead atoms. The fourth-order valence-electron chi connectivity index (χ4n) is 3.64. The number of nitrogens with zero attached hydrogens (tertiary/aromatic N) is 1. The van der Waals surface area contributed by atoms with Gasteiger partial charge >= 0.3 is 0 Å². The van der Waals surface area contributed by atoms with Gasteiger partial charge < -0.3 is 10.0 Å². The summed E-state index contributed by atoms with van der Waals surface area (Å²) in [5, 5.41) is 10.5. The van der Waals surface area contributed by atoms with Crippen molar-refractivity contribution in [2.75, 3.05) is 25.4 Å². The third kappa shape index (κ3) is 4.93. The molecular weight excluding hydrogens is 346 g/mol. The predicted molar refractivity (Wildman–Crippen MR) is 104 cm³/mol. The number of likely N-dealkylation sites (tertiary alicyclic amines) is 1. The third-order valence-corrected chi connectivity index (χ3v) is 7.03. The highest BCUT2D eigenvalue weighted by atomic mass is 32.2. The van der Waals surface area contributed by atoms with Crippen LogP contribution in [0.2, 0.25) is 0 Å². The molecule has 5 heteroatoms. The number of piperidine rings is 1. The molecule has 0 aromatic heterocycles. The zero-order valence-corrected chi connectivity index (χ0v) is 15.8. The van der Waals surface area contributed by atoms with E-state index in [0.717, 1.165) is 38.0 Å². The van der Waals surface area contributed by atoms with Crippen LogP contribution in [0.5, 0.6) is 0 Å². The van der Waals surface area contributed by atoms with Crippen molar-refractivity contribution < 1.29 is 13.5 Å². The van der Waals surface area contributed by atoms with Crippen molar-refractivity contribution in [3.63, 3.8) is 0 Å². The molecule has 3 rings (SSSR count). The minimum atomic E-state index is -3.19. The van der Waals surface area contributed by atoms with Crippen LogP contribution in [0.25, 0.3) is 0 Å². The van der Waals surface area contributed by atoms with Crippen molar-refractivity contribution in [2.24, 2.45) is 5.92 Å². The lowest BCUT2D eigenvalue weighted by Gasteiger charge is -2.34.